The van der Waals surface area contributed by atoms with Crippen LogP contribution in [0.25, 0.3) is 0 Å². The number of aliphatic carboxylic acids is 1. The van der Waals surface area contributed by atoms with Gasteiger partial charge in [-0.25, -0.2) is 0 Å². The maximum absolute atomic E-state index is 10.2. The summed E-state index contributed by atoms with van der Waals surface area (Å²) < 4.78 is 6.85. The van der Waals surface area contributed by atoms with Crippen LogP contribution in [0.5, 0.6) is 5.75 Å². The first-order valence-electron chi connectivity index (χ1n) is 4.09. The van der Waals surface area contributed by atoms with E-state index >= 15 is 0 Å². The van der Waals surface area contributed by atoms with E-state index in [0.29, 0.717) is 5.75 Å². The molecular formula is C8H12N2O3. The van der Waals surface area contributed by atoms with E-state index in [2.05, 4.69) is 5.10 Å². The highest BCUT2D eigenvalue weighted by molar-refractivity contribution is 5.66. The fraction of sp³-hybridized carbons (Fsp3) is 0.500. The molecule has 1 heterocycles. The smallest absolute Gasteiger partial charge is 0.306 e. The van der Waals surface area contributed by atoms with Crippen LogP contribution in [-0.4, -0.2) is 27.5 Å². The van der Waals surface area contributed by atoms with Gasteiger partial charge in [0.15, 0.2) is 5.75 Å². The lowest BCUT2D eigenvalue weighted by Crippen LogP contribution is -2.04. The molecule has 5 heteroatoms. The highest BCUT2D eigenvalue weighted by Crippen LogP contribution is 2.07. The second-order valence-corrected chi connectivity index (χ2v) is 2.52. The van der Waals surface area contributed by atoms with E-state index in [9.17, 15) is 4.79 Å². The van der Waals surface area contributed by atoms with E-state index in [4.69, 9.17) is 9.84 Å². The Hall–Kier alpha value is -1.52. The number of nitrogens with zero attached hydrogens (tertiary/aromatic N) is 2. The molecule has 0 aliphatic rings. The predicted octanol–water partition coefficient (Wildman–Crippen LogP) is 0.756. The number of hydrogen-bond acceptors (Lipinski definition) is 3. The van der Waals surface area contributed by atoms with Crippen molar-refractivity contribution in [1.82, 2.24) is 9.78 Å². The van der Waals surface area contributed by atoms with Gasteiger partial charge in [0.25, 0.3) is 0 Å². The number of aromatic nitrogens is 2. The third-order valence-corrected chi connectivity index (χ3v) is 1.52. The molecule has 0 aromatic carbocycles. The summed E-state index contributed by atoms with van der Waals surface area (Å²) in [4.78, 5) is 10.2. The van der Waals surface area contributed by atoms with Crippen LogP contribution in [0.15, 0.2) is 12.4 Å². The molecule has 0 aliphatic heterocycles. The molecule has 0 saturated heterocycles. The summed E-state index contributed by atoms with van der Waals surface area (Å²) in [7, 11) is 0. The predicted molar refractivity (Wildman–Crippen MR) is 45.6 cm³/mol. The van der Waals surface area contributed by atoms with Crippen molar-refractivity contribution in [1.29, 1.82) is 0 Å². The van der Waals surface area contributed by atoms with Gasteiger partial charge in [-0.05, 0) is 6.92 Å². The van der Waals surface area contributed by atoms with Crippen molar-refractivity contribution in [2.24, 2.45) is 0 Å². The molecule has 13 heavy (non-hydrogen) atoms. The van der Waals surface area contributed by atoms with Crippen molar-refractivity contribution in [3.63, 3.8) is 0 Å². The van der Waals surface area contributed by atoms with Crippen LogP contribution in [0.4, 0.5) is 0 Å². The van der Waals surface area contributed by atoms with Crippen molar-refractivity contribution >= 4 is 5.97 Å². The third-order valence-electron chi connectivity index (χ3n) is 1.52. The van der Waals surface area contributed by atoms with Crippen molar-refractivity contribution in [3.8, 4) is 5.75 Å². The minimum Gasteiger partial charge on any atom is -0.490 e. The van der Waals surface area contributed by atoms with E-state index in [0.717, 1.165) is 6.54 Å². The normalized spacial score (nSPS) is 9.92. The maximum Gasteiger partial charge on any atom is 0.306 e. The zero-order valence-corrected chi connectivity index (χ0v) is 7.43. The minimum atomic E-state index is -0.858. The Balaban J connectivity index is 2.32. The van der Waals surface area contributed by atoms with Gasteiger partial charge in [-0.3, -0.25) is 9.48 Å². The summed E-state index contributed by atoms with van der Waals surface area (Å²) in [5.74, 6) is -0.244. The largest absolute Gasteiger partial charge is 0.490 e. The molecule has 1 aromatic rings. The molecule has 1 rings (SSSR count). The topological polar surface area (TPSA) is 64.3 Å². The molecular weight excluding hydrogens is 172 g/mol. The highest BCUT2D eigenvalue weighted by Gasteiger charge is 2.00. The standard InChI is InChI=1S/C8H12N2O3/c1-2-10-6-7(5-9-10)13-4-3-8(11)12/h5-6H,2-4H2,1H3,(H,11,12). The molecule has 72 valence electrons. The third kappa shape index (κ3) is 3.14. The number of aryl methyl sites for hydroxylation is 1. The summed E-state index contributed by atoms with van der Waals surface area (Å²) in [5, 5.41) is 12.3. The zero-order chi connectivity index (χ0) is 9.68. The molecule has 0 fully saturated rings. The van der Waals surface area contributed by atoms with Crippen LogP contribution in [0.3, 0.4) is 0 Å². The maximum atomic E-state index is 10.2. The van der Waals surface area contributed by atoms with Crippen LogP contribution >= 0.6 is 0 Å². The quantitative estimate of drug-likeness (QED) is 0.733. The Kier molecular flexibility index (Phi) is 3.31. The molecule has 0 unspecified atom stereocenters. The molecule has 0 bridgehead atoms. The van der Waals surface area contributed by atoms with E-state index in [1.807, 2.05) is 6.92 Å². The highest BCUT2D eigenvalue weighted by atomic mass is 16.5. The summed E-state index contributed by atoms with van der Waals surface area (Å²) in [6, 6.07) is 0. The first-order chi connectivity index (χ1) is 6.22. The van der Waals surface area contributed by atoms with Gasteiger partial charge in [-0.2, -0.15) is 5.10 Å². The molecule has 0 atom stereocenters. The van der Waals surface area contributed by atoms with E-state index < -0.39 is 5.97 Å². The summed E-state index contributed by atoms with van der Waals surface area (Å²) in [6.07, 6.45) is 3.32. The molecule has 0 spiro atoms. The average Bonchev–Trinajstić information content (AvgIpc) is 2.52. The number of carbonyl (C=O) groups is 1. The Morgan fingerprint density at radius 2 is 2.54 bits per heavy atom. The first-order valence-corrected chi connectivity index (χ1v) is 4.09. The summed E-state index contributed by atoms with van der Waals surface area (Å²) in [6.45, 7) is 2.93. The SMILES string of the molecule is CCn1cc(OCCC(=O)O)cn1. The number of carboxylic acids is 1. The molecule has 1 N–H and O–H groups in total. The Labute approximate surface area is 75.9 Å². The van der Waals surface area contributed by atoms with Gasteiger partial charge in [-0.1, -0.05) is 0 Å². The second kappa shape index (κ2) is 4.49. The van der Waals surface area contributed by atoms with Crippen molar-refractivity contribution in [3.05, 3.63) is 12.4 Å². The van der Waals surface area contributed by atoms with Crippen LogP contribution < -0.4 is 4.74 Å². The van der Waals surface area contributed by atoms with Crippen molar-refractivity contribution in [2.45, 2.75) is 19.9 Å². The van der Waals surface area contributed by atoms with Crippen LogP contribution in [0.2, 0.25) is 0 Å². The zero-order valence-electron chi connectivity index (χ0n) is 7.43. The van der Waals surface area contributed by atoms with Gasteiger partial charge in [0.1, 0.15) is 0 Å². The Morgan fingerprint density at radius 1 is 1.77 bits per heavy atom. The second-order valence-electron chi connectivity index (χ2n) is 2.52. The lowest BCUT2D eigenvalue weighted by molar-refractivity contribution is -0.137. The molecule has 0 saturated carbocycles. The fourth-order valence-electron chi connectivity index (χ4n) is 0.848. The first kappa shape index (κ1) is 9.57. The summed E-state index contributed by atoms with van der Waals surface area (Å²) in [5.41, 5.74) is 0. The Bertz CT molecular complexity index is 283. The van der Waals surface area contributed by atoms with Crippen molar-refractivity contribution in [2.75, 3.05) is 6.61 Å². The summed E-state index contributed by atoms with van der Waals surface area (Å²) >= 11 is 0. The minimum absolute atomic E-state index is 0.0112. The lowest BCUT2D eigenvalue weighted by atomic mass is 10.5. The molecule has 0 aliphatic carbocycles. The van der Waals surface area contributed by atoms with Gasteiger partial charge < -0.3 is 9.84 Å². The van der Waals surface area contributed by atoms with Crippen LogP contribution in [-0.2, 0) is 11.3 Å². The average molecular weight is 184 g/mol. The number of hydrogen-bond donors (Lipinski definition) is 1. The molecule has 0 amide bonds. The molecule has 0 radical (unpaired) electrons. The van der Waals surface area contributed by atoms with E-state index in [-0.39, 0.29) is 13.0 Å². The van der Waals surface area contributed by atoms with E-state index in [1.54, 1.807) is 17.1 Å². The van der Waals surface area contributed by atoms with Crippen LogP contribution in [0.1, 0.15) is 13.3 Å². The van der Waals surface area contributed by atoms with Gasteiger partial charge in [0.2, 0.25) is 0 Å². The monoisotopic (exact) mass is 184 g/mol. The van der Waals surface area contributed by atoms with Gasteiger partial charge in [-0.15, -0.1) is 0 Å². The number of carboxylic acid groups (broad SMARTS) is 1. The number of ether oxygens (including phenoxy) is 1. The number of rotatable bonds is 5. The van der Waals surface area contributed by atoms with Crippen LogP contribution in [0, 0.1) is 0 Å². The van der Waals surface area contributed by atoms with Gasteiger partial charge in [0, 0.05) is 6.54 Å². The van der Waals surface area contributed by atoms with Gasteiger partial charge in [0.05, 0.1) is 25.4 Å². The molecule has 5 nitrogen and oxygen atoms in total. The lowest BCUT2D eigenvalue weighted by Gasteiger charge is -1.98. The van der Waals surface area contributed by atoms with E-state index in [1.165, 1.54) is 0 Å². The Morgan fingerprint density at radius 3 is 3.08 bits per heavy atom. The molecule has 1 aromatic heterocycles. The fourth-order valence-corrected chi connectivity index (χ4v) is 0.848. The van der Waals surface area contributed by atoms with Gasteiger partial charge >= 0.3 is 5.97 Å². The van der Waals surface area contributed by atoms with Crippen molar-refractivity contribution < 1.29 is 14.6 Å².